The molecule has 0 atom stereocenters. The van der Waals surface area contributed by atoms with E-state index < -0.39 is 41.9 Å². The van der Waals surface area contributed by atoms with Gasteiger partial charge >= 0.3 is 124 Å². The Morgan fingerprint density at radius 3 is 1.06 bits per heavy atom. The summed E-state index contributed by atoms with van der Waals surface area (Å²) in [6.45, 7) is 0. The van der Waals surface area contributed by atoms with Crippen LogP contribution in [0.1, 0.15) is 0 Å². The van der Waals surface area contributed by atoms with Crippen LogP contribution in [-0.4, -0.2) is 29.4 Å². The van der Waals surface area contributed by atoms with E-state index >= 15 is 0 Å². The molecule has 0 saturated heterocycles. The molecule has 88 valence electrons. The number of halogens is 1. The van der Waals surface area contributed by atoms with Crippen molar-refractivity contribution < 1.29 is 169 Å². The molecule has 16 heteroatoms. The molecule has 0 aliphatic heterocycles. The minimum Gasteiger partial charge on any atom is -0.724 e. The van der Waals surface area contributed by atoms with Crippen LogP contribution in [-0.2, 0) is 29.5 Å². The molecule has 0 fully saturated rings. The fourth-order valence-electron chi connectivity index (χ4n) is 0.0680. The smallest absolute Gasteiger partial charge is 0.724 e. The molecule has 0 aromatic carbocycles. The van der Waals surface area contributed by atoms with E-state index in [1.807, 2.05) is 0 Å². The maximum Gasteiger partial charge on any atom is 1.00 e. The minimum atomic E-state index is -5.31. The second-order valence-corrected chi connectivity index (χ2v) is 4.21. The Labute approximate surface area is 185 Å². The first kappa shape index (κ1) is 27.9. The fraction of sp³-hybridized carbons (Fsp3) is 0. The summed E-state index contributed by atoms with van der Waals surface area (Å²) in [4.78, 5) is 0. The van der Waals surface area contributed by atoms with Crippen LogP contribution in [0.5, 0.6) is 0 Å². The quantitative estimate of drug-likeness (QED) is 0.108. The molecule has 0 heterocycles. The van der Waals surface area contributed by atoms with Gasteiger partial charge < -0.3 is 16.0 Å². The van der Waals surface area contributed by atoms with E-state index in [0.29, 0.717) is 0 Å². The molecular formula is HIK2O11S2. The van der Waals surface area contributed by atoms with E-state index in [-0.39, 0.29) is 103 Å². The monoisotopic (exact) mass is 446 g/mol. The third-order valence-electron chi connectivity index (χ3n) is 0.194. The van der Waals surface area contributed by atoms with Crippen molar-refractivity contribution in [2.75, 3.05) is 0 Å². The van der Waals surface area contributed by atoms with Gasteiger partial charge in [-0.3, -0.25) is 0 Å². The van der Waals surface area contributed by atoms with Crippen molar-refractivity contribution in [1.29, 1.82) is 0 Å². The summed E-state index contributed by atoms with van der Waals surface area (Å²) >= 11 is -3.76. The van der Waals surface area contributed by atoms with E-state index in [4.69, 9.17) is 10.3 Å². The molecule has 0 amide bonds. The Morgan fingerprint density at radius 1 is 0.875 bits per heavy atom. The fourth-order valence-corrected chi connectivity index (χ4v) is 0.612. The molecule has 1 N–H and O–H groups in total. The summed E-state index contributed by atoms with van der Waals surface area (Å²) in [7, 11) is -10.6. The van der Waals surface area contributed by atoms with Crippen LogP contribution >= 0.6 is 0 Å². The largest absolute Gasteiger partial charge is 1.00 e. The second kappa shape index (κ2) is 13.6. The molecule has 0 aromatic rings. The van der Waals surface area contributed by atoms with Crippen LogP contribution in [0.25, 0.3) is 0 Å². The minimum absolute atomic E-state index is 0. The molecular weight excluding hydrogens is 445 g/mol. The van der Waals surface area contributed by atoms with E-state index in [0.717, 1.165) is 0 Å². The van der Waals surface area contributed by atoms with Crippen LogP contribution in [0.3, 0.4) is 0 Å². The molecule has 0 aromatic heterocycles. The molecule has 0 aliphatic rings. The first-order chi connectivity index (χ1) is 5.94. The predicted molar refractivity (Wildman–Crippen MR) is 23.8 cm³/mol. The third-order valence-corrected chi connectivity index (χ3v) is 0.750. The SMILES string of the molecule is O=S(=O)([O-])OOS(=O)(=O)[O-].[K+].[K+].[O-][I+2]([O-])O. The van der Waals surface area contributed by atoms with Gasteiger partial charge in [-0.25, -0.2) is 16.8 Å². The van der Waals surface area contributed by atoms with Gasteiger partial charge in [-0.1, -0.05) is 0 Å². The van der Waals surface area contributed by atoms with E-state index in [9.17, 15) is 25.9 Å². The van der Waals surface area contributed by atoms with Crippen molar-refractivity contribution in [3.8, 4) is 0 Å². The van der Waals surface area contributed by atoms with Crippen molar-refractivity contribution in [2.45, 2.75) is 0 Å². The van der Waals surface area contributed by atoms with Gasteiger partial charge in [-0.15, -0.1) is 8.67 Å². The maximum atomic E-state index is 9.37. The average molecular weight is 446 g/mol. The molecule has 0 saturated carbocycles. The van der Waals surface area contributed by atoms with Gasteiger partial charge in [0, 0.05) is 0 Å². The van der Waals surface area contributed by atoms with Crippen molar-refractivity contribution in [3.05, 3.63) is 0 Å². The number of hydrogen-bond donors (Lipinski definition) is 1. The van der Waals surface area contributed by atoms with Gasteiger partial charge in [0.2, 0.25) is 20.8 Å². The molecule has 0 radical (unpaired) electrons. The Morgan fingerprint density at radius 2 is 1.00 bits per heavy atom. The van der Waals surface area contributed by atoms with Crippen LogP contribution in [0.4, 0.5) is 0 Å². The van der Waals surface area contributed by atoms with E-state index in [2.05, 4.69) is 8.67 Å². The van der Waals surface area contributed by atoms with Crippen LogP contribution in [0, 0.1) is 0 Å². The normalized spacial score (nSPS) is 10.6. The van der Waals surface area contributed by atoms with Crippen LogP contribution < -0.4 is 131 Å². The summed E-state index contributed by atoms with van der Waals surface area (Å²) in [5.41, 5.74) is 0. The summed E-state index contributed by atoms with van der Waals surface area (Å²) in [6, 6.07) is 0. The summed E-state index contributed by atoms with van der Waals surface area (Å²) in [5, 5.41) is 0. The molecule has 16 heavy (non-hydrogen) atoms. The van der Waals surface area contributed by atoms with Gasteiger partial charge in [0.1, 0.15) is 0 Å². The molecule has 0 unspecified atom stereocenters. The van der Waals surface area contributed by atoms with Gasteiger partial charge in [0.25, 0.3) is 0 Å². The van der Waals surface area contributed by atoms with Crippen molar-refractivity contribution in [3.63, 3.8) is 0 Å². The number of rotatable bonds is 3. The van der Waals surface area contributed by atoms with E-state index in [1.165, 1.54) is 0 Å². The maximum absolute atomic E-state index is 9.37. The second-order valence-electron chi connectivity index (χ2n) is 1.15. The van der Waals surface area contributed by atoms with Gasteiger partial charge in [-0.05, 0) is 3.44 Å². The summed E-state index contributed by atoms with van der Waals surface area (Å²) in [6.07, 6.45) is 0. The Balaban J connectivity index is -0.000000105. The first-order valence-electron chi connectivity index (χ1n) is 1.98. The van der Waals surface area contributed by atoms with Crippen LogP contribution in [0.15, 0.2) is 0 Å². The third kappa shape index (κ3) is 43.2. The van der Waals surface area contributed by atoms with Gasteiger partial charge in [0.05, 0.1) is 0 Å². The topological polar surface area (TPSA) is 199 Å². The zero-order valence-electron chi connectivity index (χ0n) is 7.72. The summed E-state index contributed by atoms with van der Waals surface area (Å²) < 4.78 is 85.9. The van der Waals surface area contributed by atoms with Crippen molar-refractivity contribution >= 4 is 20.8 Å². The molecule has 0 aliphatic carbocycles. The standard InChI is InChI=1S/HIO3.2K.H2O8S2/c2-1(3)4;;;1-9(2,3)7-8-10(4,5)6/h2H;;;(H,1,2,3)(H,4,5,6)/q;2*+1;/p-2. The molecule has 0 rings (SSSR count). The molecule has 0 spiro atoms. The van der Waals surface area contributed by atoms with Crippen molar-refractivity contribution in [2.24, 2.45) is 0 Å². The predicted octanol–water partition coefficient (Wildman–Crippen LogP) is -14.1. The summed E-state index contributed by atoms with van der Waals surface area (Å²) in [5.74, 6) is 0. The Kier molecular flexibility index (Phi) is 23.7. The first-order valence-corrected chi connectivity index (χ1v) is 7.37. The Hall–Kier alpha value is 3.62. The van der Waals surface area contributed by atoms with Gasteiger partial charge in [0.15, 0.2) is 0 Å². The average Bonchev–Trinajstić information content (AvgIpc) is 1.79. The van der Waals surface area contributed by atoms with Crippen LogP contribution in [0.2, 0.25) is 0 Å². The molecule has 11 nitrogen and oxygen atoms in total. The van der Waals surface area contributed by atoms with Crippen molar-refractivity contribution in [1.82, 2.24) is 0 Å². The molecule has 0 bridgehead atoms. The Bertz CT molecular complexity index is 292. The zero-order valence-corrected chi connectivity index (χ0v) is 17.8. The van der Waals surface area contributed by atoms with Gasteiger partial charge in [-0.2, -0.15) is 0 Å². The number of hydrogen-bond acceptors (Lipinski definition) is 11. The zero-order chi connectivity index (χ0) is 12.0. The van der Waals surface area contributed by atoms with E-state index in [1.54, 1.807) is 0 Å².